The lowest BCUT2D eigenvalue weighted by Gasteiger charge is -2.10. The first-order chi connectivity index (χ1) is 8.48. The molecule has 0 atom stereocenters. The molecule has 0 saturated carbocycles. The van der Waals surface area contributed by atoms with E-state index in [1.807, 2.05) is 21.0 Å². The molecule has 0 fully saturated rings. The second-order valence-electron chi connectivity index (χ2n) is 4.78. The summed E-state index contributed by atoms with van der Waals surface area (Å²) in [6.07, 6.45) is 3.56. The van der Waals surface area contributed by atoms with Gasteiger partial charge in [0.15, 0.2) is 0 Å². The SMILES string of the molecule is CCNCCCCS(=O)(=O)NCCCCN(C)C. The van der Waals surface area contributed by atoms with Gasteiger partial charge in [-0.15, -0.1) is 0 Å². The zero-order valence-electron chi connectivity index (χ0n) is 12.0. The Balaban J connectivity index is 3.49. The quantitative estimate of drug-likeness (QED) is 0.515. The van der Waals surface area contributed by atoms with Gasteiger partial charge in [-0.2, -0.15) is 0 Å². The van der Waals surface area contributed by atoms with Crippen molar-refractivity contribution in [2.75, 3.05) is 46.0 Å². The molecule has 0 aromatic rings. The van der Waals surface area contributed by atoms with Crippen LogP contribution in [0.4, 0.5) is 0 Å². The van der Waals surface area contributed by atoms with Crippen LogP contribution in [0.25, 0.3) is 0 Å². The molecule has 2 N–H and O–H groups in total. The minimum atomic E-state index is -3.06. The fourth-order valence-corrected chi connectivity index (χ4v) is 2.76. The predicted octanol–water partition coefficient (Wildman–Crippen LogP) is 0.637. The third kappa shape index (κ3) is 12.3. The van der Waals surface area contributed by atoms with Gasteiger partial charge in [-0.25, -0.2) is 13.1 Å². The fourth-order valence-electron chi connectivity index (χ4n) is 1.57. The third-order valence-electron chi connectivity index (χ3n) is 2.62. The van der Waals surface area contributed by atoms with Crippen LogP contribution in [0.2, 0.25) is 0 Å². The van der Waals surface area contributed by atoms with Crippen molar-refractivity contribution in [1.29, 1.82) is 0 Å². The first-order valence-electron chi connectivity index (χ1n) is 6.80. The van der Waals surface area contributed by atoms with Gasteiger partial charge in [0.05, 0.1) is 5.75 Å². The maximum absolute atomic E-state index is 11.6. The van der Waals surface area contributed by atoms with Crippen molar-refractivity contribution in [3.05, 3.63) is 0 Å². The second-order valence-corrected chi connectivity index (χ2v) is 6.71. The molecule has 0 radical (unpaired) electrons. The lowest BCUT2D eigenvalue weighted by Crippen LogP contribution is -2.28. The molecule has 0 rings (SSSR count). The average molecular weight is 279 g/mol. The lowest BCUT2D eigenvalue weighted by molar-refractivity contribution is 0.394. The summed E-state index contributed by atoms with van der Waals surface area (Å²) in [5.41, 5.74) is 0. The molecule has 0 aliphatic rings. The highest BCUT2D eigenvalue weighted by Crippen LogP contribution is 1.95. The summed E-state index contributed by atoms with van der Waals surface area (Å²) in [5.74, 6) is 0.242. The van der Waals surface area contributed by atoms with E-state index in [-0.39, 0.29) is 5.75 Å². The van der Waals surface area contributed by atoms with E-state index in [2.05, 4.69) is 14.9 Å². The summed E-state index contributed by atoms with van der Waals surface area (Å²) in [7, 11) is 0.984. The van der Waals surface area contributed by atoms with Gasteiger partial charge in [0.2, 0.25) is 10.0 Å². The van der Waals surface area contributed by atoms with Crippen LogP contribution in [0.3, 0.4) is 0 Å². The minimum Gasteiger partial charge on any atom is -0.317 e. The van der Waals surface area contributed by atoms with Crippen LogP contribution in [-0.4, -0.2) is 59.3 Å². The second kappa shape index (κ2) is 10.7. The molecule has 0 aromatic heterocycles. The van der Waals surface area contributed by atoms with E-state index in [9.17, 15) is 8.42 Å². The van der Waals surface area contributed by atoms with Gasteiger partial charge < -0.3 is 10.2 Å². The van der Waals surface area contributed by atoms with Crippen molar-refractivity contribution in [3.8, 4) is 0 Å². The highest BCUT2D eigenvalue weighted by molar-refractivity contribution is 7.89. The number of sulfonamides is 1. The molecule has 0 aliphatic carbocycles. The maximum Gasteiger partial charge on any atom is 0.211 e. The normalized spacial score (nSPS) is 12.2. The first-order valence-corrected chi connectivity index (χ1v) is 8.46. The van der Waals surface area contributed by atoms with Crippen molar-refractivity contribution in [3.63, 3.8) is 0 Å². The maximum atomic E-state index is 11.6. The Bertz CT molecular complexity index is 279. The van der Waals surface area contributed by atoms with Crippen LogP contribution in [0.5, 0.6) is 0 Å². The molecule has 0 bridgehead atoms. The molecule has 0 aliphatic heterocycles. The highest BCUT2D eigenvalue weighted by atomic mass is 32.2. The Hall–Kier alpha value is -0.170. The van der Waals surface area contributed by atoms with Gasteiger partial charge in [-0.05, 0) is 59.4 Å². The topological polar surface area (TPSA) is 61.4 Å². The Morgan fingerprint density at radius 2 is 1.67 bits per heavy atom. The zero-order chi connectivity index (χ0) is 13.9. The van der Waals surface area contributed by atoms with Crippen molar-refractivity contribution in [2.45, 2.75) is 32.6 Å². The van der Waals surface area contributed by atoms with Crippen LogP contribution < -0.4 is 10.0 Å². The monoisotopic (exact) mass is 279 g/mol. The van der Waals surface area contributed by atoms with E-state index in [4.69, 9.17) is 0 Å². The molecule has 110 valence electrons. The van der Waals surface area contributed by atoms with Crippen molar-refractivity contribution in [2.24, 2.45) is 0 Å². The van der Waals surface area contributed by atoms with Gasteiger partial charge in [0.1, 0.15) is 0 Å². The third-order valence-corrected chi connectivity index (χ3v) is 4.09. The van der Waals surface area contributed by atoms with Crippen LogP contribution >= 0.6 is 0 Å². The smallest absolute Gasteiger partial charge is 0.211 e. The number of rotatable bonds is 12. The Morgan fingerprint density at radius 3 is 2.28 bits per heavy atom. The molecule has 6 heteroatoms. The van der Waals surface area contributed by atoms with Gasteiger partial charge in [0, 0.05) is 6.54 Å². The molecular formula is C12H29N3O2S. The number of hydrogen-bond donors (Lipinski definition) is 2. The standard InChI is InChI=1S/C12H29N3O2S/c1-4-13-9-6-8-12-18(16,17)14-10-5-7-11-15(2)3/h13-14H,4-12H2,1-3H3. The van der Waals surface area contributed by atoms with E-state index in [1.165, 1.54) is 0 Å². The summed E-state index contributed by atoms with van der Waals surface area (Å²) >= 11 is 0. The molecule has 0 aromatic carbocycles. The molecule has 0 heterocycles. The number of unbranched alkanes of at least 4 members (excludes halogenated alkanes) is 2. The van der Waals surface area contributed by atoms with Crippen molar-refractivity contribution < 1.29 is 8.42 Å². The summed E-state index contributed by atoms with van der Waals surface area (Å²) < 4.78 is 25.9. The molecule has 0 unspecified atom stereocenters. The molecule has 18 heavy (non-hydrogen) atoms. The largest absolute Gasteiger partial charge is 0.317 e. The molecule has 0 saturated heterocycles. The van der Waals surface area contributed by atoms with Crippen molar-refractivity contribution in [1.82, 2.24) is 14.9 Å². The van der Waals surface area contributed by atoms with Crippen LogP contribution in [0, 0.1) is 0 Å². The summed E-state index contributed by atoms with van der Waals surface area (Å²) in [5, 5.41) is 3.19. The highest BCUT2D eigenvalue weighted by Gasteiger charge is 2.08. The predicted molar refractivity (Wildman–Crippen MR) is 77.4 cm³/mol. The van der Waals surface area contributed by atoms with Crippen LogP contribution in [-0.2, 0) is 10.0 Å². The van der Waals surface area contributed by atoms with Crippen molar-refractivity contribution >= 4 is 10.0 Å². The Labute approximate surface area is 112 Å². The summed E-state index contributed by atoms with van der Waals surface area (Å²) in [6.45, 7) is 5.45. The van der Waals surface area contributed by atoms with Gasteiger partial charge in [-0.3, -0.25) is 0 Å². The molecule has 5 nitrogen and oxygen atoms in total. The van der Waals surface area contributed by atoms with E-state index in [1.54, 1.807) is 0 Å². The fraction of sp³-hybridized carbons (Fsp3) is 1.00. The molecule has 0 amide bonds. The Kier molecular flexibility index (Phi) is 10.6. The van der Waals surface area contributed by atoms with Gasteiger partial charge in [0.25, 0.3) is 0 Å². The lowest BCUT2D eigenvalue weighted by atomic mass is 10.3. The molecular weight excluding hydrogens is 250 g/mol. The van der Waals surface area contributed by atoms with E-state index in [0.29, 0.717) is 6.54 Å². The van der Waals surface area contributed by atoms with Gasteiger partial charge >= 0.3 is 0 Å². The number of hydrogen-bond acceptors (Lipinski definition) is 4. The van der Waals surface area contributed by atoms with Crippen LogP contribution in [0.15, 0.2) is 0 Å². The minimum absolute atomic E-state index is 0.242. The number of nitrogens with zero attached hydrogens (tertiary/aromatic N) is 1. The van der Waals surface area contributed by atoms with E-state index < -0.39 is 10.0 Å². The number of nitrogens with one attached hydrogen (secondary N) is 2. The zero-order valence-corrected chi connectivity index (χ0v) is 12.9. The summed E-state index contributed by atoms with van der Waals surface area (Å²) in [6, 6.07) is 0. The average Bonchev–Trinajstić information content (AvgIpc) is 2.27. The van der Waals surface area contributed by atoms with Gasteiger partial charge in [-0.1, -0.05) is 6.92 Å². The molecule has 0 spiro atoms. The van der Waals surface area contributed by atoms with E-state index >= 15 is 0 Å². The first kappa shape index (κ1) is 17.8. The van der Waals surface area contributed by atoms with E-state index in [0.717, 1.165) is 45.3 Å². The Morgan fingerprint density at radius 1 is 1.00 bits per heavy atom. The summed E-state index contributed by atoms with van der Waals surface area (Å²) in [4.78, 5) is 2.11. The van der Waals surface area contributed by atoms with Crippen LogP contribution in [0.1, 0.15) is 32.6 Å².